The third-order valence-electron chi connectivity index (χ3n) is 4.79. The average Bonchev–Trinajstić information content (AvgIpc) is 3.19. The lowest BCUT2D eigenvalue weighted by Gasteiger charge is -2.12. The van der Waals surface area contributed by atoms with Gasteiger partial charge in [-0.25, -0.2) is 9.37 Å². The number of fused-ring (bicyclic) bond motifs is 1. The van der Waals surface area contributed by atoms with E-state index in [4.69, 9.17) is 11.0 Å². The predicted octanol–water partition coefficient (Wildman–Crippen LogP) is 4.35. The number of nitrogens with two attached hydrogens (primary N) is 1. The molecule has 29 heavy (non-hydrogen) atoms. The molecule has 1 aromatic carbocycles. The molecule has 1 atom stereocenters. The van der Waals surface area contributed by atoms with Crippen molar-refractivity contribution in [1.82, 2.24) is 19.7 Å². The van der Waals surface area contributed by atoms with Gasteiger partial charge in [-0.15, -0.1) is 0 Å². The van der Waals surface area contributed by atoms with Crippen molar-refractivity contribution in [2.24, 2.45) is 0 Å². The zero-order valence-electron chi connectivity index (χ0n) is 15.9. The number of halogens is 1. The Morgan fingerprint density at radius 1 is 1.24 bits per heavy atom. The van der Waals surface area contributed by atoms with E-state index in [9.17, 15) is 4.39 Å². The molecule has 4 aromatic rings. The molecule has 144 valence electrons. The molecule has 0 spiro atoms. The van der Waals surface area contributed by atoms with Crippen LogP contribution in [0.5, 0.6) is 0 Å². The zero-order valence-corrected chi connectivity index (χ0v) is 15.9. The molecule has 0 aliphatic rings. The van der Waals surface area contributed by atoms with E-state index in [1.165, 1.54) is 6.20 Å². The summed E-state index contributed by atoms with van der Waals surface area (Å²) in [5.41, 5.74) is 8.80. The van der Waals surface area contributed by atoms with E-state index >= 15 is 0 Å². The van der Waals surface area contributed by atoms with E-state index < -0.39 is 5.82 Å². The van der Waals surface area contributed by atoms with E-state index in [0.29, 0.717) is 28.0 Å². The first-order valence-electron chi connectivity index (χ1n) is 8.97. The number of rotatable bonds is 4. The smallest absolute Gasteiger partial charge is 0.154 e. The minimum Gasteiger partial charge on any atom is -0.396 e. The van der Waals surface area contributed by atoms with Crippen molar-refractivity contribution in [2.75, 3.05) is 11.1 Å². The Labute approximate surface area is 166 Å². The summed E-state index contributed by atoms with van der Waals surface area (Å²) in [6, 6.07) is 7.12. The maximum Gasteiger partial charge on any atom is 0.154 e. The minimum absolute atomic E-state index is 0.0514. The number of nitrogens with one attached hydrogen (secondary N) is 1. The fraction of sp³-hybridized carbons (Fsp3) is 0.143. The second-order valence-electron chi connectivity index (χ2n) is 6.77. The number of benzene rings is 1. The van der Waals surface area contributed by atoms with E-state index in [1.807, 2.05) is 13.0 Å². The Morgan fingerprint density at radius 2 is 2.07 bits per heavy atom. The van der Waals surface area contributed by atoms with Gasteiger partial charge in [0.1, 0.15) is 11.9 Å². The fourth-order valence-corrected chi connectivity index (χ4v) is 3.13. The van der Waals surface area contributed by atoms with Crippen LogP contribution in [0.2, 0.25) is 0 Å². The van der Waals surface area contributed by atoms with Gasteiger partial charge in [-0.3, -0.25) is 9.67 Å². The van der Waals surface area contributed by atoms with Crippen molar-refractivity contribution in [3.05, 3.63) is 60.6 Å². The SMILES string of the molecule is Cc1ccncc1-c1cc2cc(Nc3cnn([C@H](C)C#N)c3)ncc2c(N)c1F. The van der Waals surface area contributed by atoms with Crippen molar-refractivity contribution in [3.63, 3.8) is 0 Å². The molecule has 0 radical (unpaired) electrons. The van der Waals surface area contributed by atoms with Gasteiger partial charge in [-0.1, -0.05) is 0 Å². The first-order chi connectivity index (χ1) is 14.0. The number of nitrogens with zero attached hydrogens (tertiary/aromatic N) is 5. The summed E-state index contributed by atoms with van der Waals surface area (Å²) in [6.07, 6.45) is 8.18. The summed E-state index contributed by atoms with van der Waals surface area (Å²) >= 11 is 0. The maximum atomic E-state index is 14.9. The van der Waals surface area contributed by atoms with Crippen molar-refractivity contribution in [3.8, 4) is 17.2 Å². The topological polar surface area (TPSA) is 105 Å². The van der Waals surface area contributed by atoms with Crippen LogP contribution in [0.25, 0.3) is 21.9 Å². The fourth-order valence-electron chi connectivity index (χ4n) is 3.13. The van der Waals surface area contributed by atoms with E-state index in [-0.39, 0.29) is 11.7 Å². The molecule has 0 aliphatic carbocycles. The lowest BCUT2D eigenvalue weighted by Crippen LogP contribution is -2.02. The molecule has 3 aromatic heterocycles. The van der Waals surface area contributed by atoms with Crippen molar-refractivity contribution < 1.29 is 4.39 Å². The molecule has 8 heteroatoms. The highest BCUT2D eigenvalue weighted by Gasteiger charge is 2.15. The summed E-state index contributed by atoms with van der Waals surface area (Å²) in [5, 5.41) is 17.6. The van der Waals surface area contributed by atoms with Crippen LogP contribution in [0, 0.1) is 24.1 Å². The molecular weight excluding hydrogens is 369 g/mol. The van der Waals surface area contributed by atoms with Gasteiger partial charge >= 0.3 is 0 Å². The molecule has 3 heterocycles. The monoisotopic (exact) mass is 387 g/mol. The van der Waals surface area contributed by atoms with Gasteiger partial charge in [0, 0.05) is 41.3 Å². The average molecular weight is 387 g/mol. The van der Waals surface area contributed by atoms with Crippen LogP contribution < -0.4 is 11.1 Å². The molecule has 0 unspecified atom stereocenters. The first kappa shape index (κ1) is 18.4. The highest BCUT2D eigenvalue weighted by molar-refractivity contribution is 5.98. The van der Waals surface area contributed by atoms with Gasteiger partial charge < -0.3 is 11.1 Å². The van der Waals surface area contributed by atoms with Gasteiger partial charge in [-0.2, -0.15) is 10.4 Å². The Kier molecular flexibility index (Phi) is 4.56. The normalized spacial score (nSPS) is 11.9. The lowest BCUT2D eigenvalue weighted by atomic mass is 9.98. The number of anilines is 3. The summed E-state index contributed by atoms with van der Waals surface area (Å²) < 4.78 is 16.5. The second-order valence-corrected chi connectivity index (χ2v) is 6.77. The number of pyridine rings is 2. The number of aryl methyl sites for hydroxylation is 1. The molecule has 0 amide bonds. The molecular formula is C21H18FN7. The van der Waals surface area contributed by atoms with Crippen LogP contribution in [0.4, 0.5) is 21.6 Å². The third-order valence-corrected chi connectivity index (χ3v) is 4.79. The number of hydrogen-bond donors (Lipinski definition) is 2. The maximum absolute atomic E-state index is 14.9. The summed E-state index contributed by atoms with van der Waals surface area (Å²) in [5.74, 6) is 0.0735. The van der Waals surface area contributed by atoms with Crippen LogP contribution in [-0.2, 0) is 0 Å². The Morgan fingerprint density at radius 3 is 2.83 bits per heavy atom. The van der Waals surface area contributed by atoms with Crippen LogP contribution in [0.3, 0.4) is 0 Å². The van der Waals surface area contributed by atoms with Crippen molar-refractivity contribution in [1.29, 1.82) is 5.26 Å². The molecule has 7 nitrogen and oxygen atoms in total. The van der Waals surface area contributed by atoms with E-state index in [1.54, 1.807) is 48.5 Å². The Bertz CT molecular complexity index is 1260. The van der Waals surface area contributed by atoms with Crippen LogP contribution in [-0.4, -0.2) is 19.7 Å². The quantitative estimate of drug-likeness (QED) is 0.504. The number of aromatic nitrogens is 4. The van der Waals surface area contributed by atoms with E-state index in [2.05, 4.69) is 26.5 Å². The number of nitrogen functional groups attached to an aromatic ring is 1. The standard InChI is InChI=1S/C21H18FN7/c1-12-3-4-25-9-17(12)16-5-14-6-19(26-10-18(14)21(24)20(16)22)28-15-8-27-29(11-15)13(2)7-23/h3-6,8-11,13H,24H2,1-2H3,(H,26,28)/t13-/m1/s1. The second kappa shape index (κ2) is 7.20. The van der Waals surface area contributed by atoms with Gasteiger partial charge in [0.15, 0.2) is 5.82 Å². The molecule has 0 saturated carbocycles. The molecule has 3 N–H and O–H groups in total. The zero-order chi connectivity index (χ0) is 20.5. The molecule has 4 rings (SSSR count). The van der Waals surface area contributed by atoms with Gasteiger partial charge in [0.2, 0.25) is 0 Å². The number of nitriles is 1. The highest BCUT2D eigenvalue weighted by Crippen LogP contribution is 2.35. The molecule has 0 bridgehead atoms. The molecule has 0 aliphatic heterocycles. The largest absolute Gasteiger partial charge is 0.396 e. The summed E-state index contributed by atoms with van der Waals surface area (Å²) in [7, 11) is 0. The minimum atomic E-state index is -0.483. The van der Waals surface area contributed by atoms with Crippen LogP contribution in [0.15, 0.2) is 49.2 Å². The molecule has 0 saturated heterocycles. The van der Waals surface area contributed by atoms with Gasteiger partial charge in [0.05, 0.1) is 23.6 Å². The third kappa shape index (κ3) is 3.34. The van der Waals surface area contributed by atoms with Crippen molar-refractivity contribution >= 4 is 28.0 Å². The summed E-state index contributed by atoms with van der Waals surface area (Å²) in [6.45, 7) is 3.65. The lowest BCUT2D eigenvalue weighted by molar-refractivity contribution is 0.591. The van der Waals surface area contributed by atoms with Crippen molar-refractivity contribution in [2.45, 2.75) is 19.9 Å². The van der Waals surface area contributed by atoms with E-state index in [0.717, 1.165) is 10.9 Å². The van der Waals surface area contributed by atoms with Gasteiger partial charge in [-0.05, 0) is 43.0 Å². The first-order valence-corrected chi connectivity index (χ1v) is 8.97. The van der Waals surface area contributed by atoms with Crippen LogP contribution in [0.1, 0.15) is 18.5 Å². The number of hydrogen-bond acceptors (Lipinski definition) is 6. The summed E-state index contributed by atoms with van der Waals surface area (Å²) in [4.78, 5) is 8.43. The van der Waals surface area contributed by atoms with Gasteiger partial charge in [0.25, 0.3) is 0 Å². The Balaban J connectivity index is 1.75. The van der Waals surface area contributed by atoms with Crippen LogP contribution >= 0.6 is 0 Å². The highest BCUT2D eigenvalue weighted by atomic mass is 19.1. The Hall–Kier alpha value is -3.99. The molecule has 0 fully saturated rings. The predicted molar refractivity (Wildman–Crippen MR) is 110 cm³/mol.